The maximum absolute atomic E-state index is 10.6. The summed E-state index contributed by atoms with van der Waals surface area (Å²) in [7, 11) is 0. The zero-order chi connectivity index (χ0) is 8.91. The summed E-state index contributed by atoms with van der Waals surface area (Å²) >= 11 is 0. The van der Waals surface area contributed by atoms with E-state index in [-0.39, 0.29) is 5.41 Å². The van der Waals surface area contributed by atoms with E-state index < -0.39 is 6.16 Å². The van der Waals surface area contributed by atoms with E-state index in [4.69, 9.17) is 4.74 Å². The van der Waals surface area contributed by atoms with Gasteiger partial charge in [-0.25, -0.2) is 4.79 Å². The molecular weight excluding hydrogens is 144 g/mol. The molecule has 0 amide bonds. The van der Waals surface area contributed by atoms with Crippen molar-refractivity contribution in [2.45, 2.75) is 27.7 Å². The summed E-state index contributed by atoms with van der Waals surface area (Å²) in [6, 6.07) is 0. The van der Waals surface area contributed by atoms with Crippen LogP contribution in [0.25, 0.3) is 0 Å². The van der Waals surface area contributed by atoms with Crippen molar-refractivity contribution in [2.24, 2.45) is 5.41 Å². The molecule has 0 fully saturated rings. The Morgan fingerprint density at radius 3 is 2.18 bits per heavy atom. The second-order valence-electron chi connectivity index (χ2n) is 3.53. The molecule has 0 saturated carbocycles. The van der Waals surface area contributed by atoms with Crippen LogP contribution in [0.3, 0.4) is 0 Å². The first-order valence-corrected chi connectivity index (χ1v) is 3.75. The fraction of sp³-hybridized carbons (Fsp3) is 0.875. The fourth-order valence-electron chi connectivity index (χ4n) is 0.435. The van der Waals surface area contributed by atoms with E-state index in [9.17, 15) is 4.79 Å². The van der Waals surface area contributed by atoms with E-state index in [0.29, 0.717) is 13.2 Å². The monoisotopic (exact) mass is 160 g/mol. The van der Waals surface area contributed by atoms with Gasteiger partial charge < -0.3 is 9.47 Å². The van der Waals surface area contributed by atoms with Crippen LogP contribution in [0, 0.1) is 5.41 Å². The third kappa shape index (κ3) is 7.16. The summed E-state index contributed by atoms with van der Waals surface area (Å²) in [5, 5.41) is 0. The van der Waals surface area contributed by atoms with Crippen molar-refractivity contribution in [3.8, 4) is 0 Å². The first kappa shape index (κ1) is 10.3. The lowest BCUT2D eigenvalue weighted by Crippen LogP contribution is -2.18. The molecule has 0 aromatic rings. The van der Waals surface area contributed by atoms with E-state index >= 15 is 0 Å². The fourth-order valence-corrected chi connectivity index (χ4v) is 0.435. The van der Waals surface area contributed by atoms with Gasteiger partial charge in [-0.3, -0.25) is 0 Å². The van der Waals surface area contributed by atoms with Crippen LogP contribution in [0.15, 0.2) is 0 Å². The molecule has 3 heteroatoms. The largest absolute Gasteiger partial charge is 0.508 e. The predicted octanol–water partition coefficient (Wildman–Crippen LogP) is 2.21. The third-order valence-electron chi connectivity index (χ3n) is 0.885. The summed E-state index contributed by atoms with van der Waals surface area (Å²) in [6.07, 6.45) is -0.581. The molecule has 0 unspecified atom stereocenters. The van der Waals surface area contributed by atoms with Crippen molar-refractivity contribution >= 4 is 6.16 Å². The van der Waals surface area contributed by atoms with Gasteiger partial charge in [0.25, 0.3) is 0 Å². The number of hydrogen-bond donors (Lipinski definition) is 0. The molecule has 0 saturated heterocycles. The van der Waals surface area contributed by atoms with Crippen LogP contribution in [-0.2, 0) is 9.47 Å². The molecule has 0 spiro atoms. The van der Waals surface area contributed by atoms with Crippen molar-refractivity contribution in [2.75, 3.05) is 13.2 Å². The van der Waals surface area contributed by atoms with Crippen molar-refractivity contribution in [1.29, 1.82) is 0 Å². The molecule has 0 aliphatic carbocycles. The minimum Gasteiger partial charge on any atom is -0.435 e. The minimum absolute atomic E-state index is 0.00671. The normalized spacial score (nSPS) is 10.9. The van der Waals surface area contributed by atoms with E-state index in [2.05, 4.69) is 4.74 Å². The first-order valence-electron chi connectivity index (χ1n) is 3.75. The molecule has 0 atom stereocenters. The van der Waals surface area contributed by atoms with Crippen LogP contribution in [-0.4, -0.2) is 19.4 Å². The highest BCUT2D eigenvalue weighted by Gasteiger charge is 2.13. The Morgan fingerprint density at radius 1 is 1.27 bits per heavy atom. The summed E-state index contributed by atoms with van der Waals surface area (Å²) in [6.45, 7) is 8.48. The minimum atomic E-state index is -0.581. The molecular formula is C8H16O3. The van der Waals surface area contributed by atoms with E-state index in [1.807, 2.05) is 20.8 Å². The van der Waals surface area contributed by atoms with Crippen LogP contribution in [0.2, 0.25) is 0 Å². The molecule has 11 heavy (non-hydrogen) atoms. The Morgan fingerprint density at radius 2 is 1.82 bits per heavy atom. The predicted molar refractivity (Wildman–Crippen MR) is 42.4 cm³/mol. The van der Waals surface area contributed by atoms with Crippen molar-refractivity contribution in [1.82, 2.24) is 0 Å². The number of carbonyl (C=O) groups is 1. The average Bonchev–Trinajstić information content (AvgIpc) is 1.83. The zero-order valence-electron chi connectivity index (χ0n) is 7.64. The van der Waals surface area contributed by atoms with Crippen molar-refractivity contribution < 1.29 is 14.3 Å². The molecule has 0 radical (unpaired) electrons. The highest BCUT2D eigenvalue weighted by Crippen LogP contribution is 2.12. The lowest BCUT2D eigenvalue weighted by atomic mass is 9.99. The SMILES string of the molecule is CCOC(=O)OCC(C)(C)C. The second kappa shape index (κ2) is 4.21. The quantitative estimate of drug-likeness (QED) is 0.581. The Balaban J connectivity index is 3.46. The van der Waals surface area contributed by atoms with Gasteiger partial charge in [-0.15, -0.1) is 0 Å². The van der Waals surface area contributed by atoms with Gasteiger partial charge in [0.05, 0.1) is 13.2 Å². The molecule has 0 aromatic carbocycles. The summed E-state index contributed by atoms with van der Waals surface area (Å²) < 4.78 is 9.36. The third-order valence-corrected chi connectivity index (χ3v) is 0.885. The van der Waals surface area contributed by atoms with Gasteiger partial charge in [-0.1, -0.05) is 20.8 Å². The van der Waals surface area contributed by atoms with Crippen LogP contribution >= 0.6 is 0 Å². The Labute approximate surface area is 67.7 Å². The Kier molecular flexibility index (Phi) is 3.93. The molecule has 0 aliphatic heterocycles. The topological polar surface area (TPSA) is 35.5 Å². The Bertz CT molecular complexity index is 124. The highest BCUT2D eigenvalue weighted by molar-refractivity contribution is 5.59. The standard InChI is InChI=1S/C8H16O3/c1-5-10-7(9)11-6-8(2,3)4/h5-6H2,1-4H3. The van der Waals surface area contributed by atoms with Crippen LogP contribution in [0.4, 0.5) is 4.79 Å². The molecule has 0 rings (SSSR count). The van der Waals surface area contributed by atoms with Gasteiger partial charge in [0.15, 0.2) is 0 Å². The van der Waals surface area contributed by atoms with Gasteiger partial charge >= 0.3 is 6.16 Å². The number of carbonyl (C=O) groups excluding carboxylic acids is 1. The smallest absolute Gasteiger partial charge is 0.435 e. The van der Waals surface area contributed by atoms with E-state index in [0.717, 1.165) is 0 Å². The lowest BCUT2D eigenvalue weighted by molar-refractivity contribution is 0.0363. The molecule has 0 bridgehead atoms. The molecule has 66 valence electrons. The van der Waals surface area contributed by atoms with Gasteiger partial charge in [0, 0.05) is 0 Å². The second-order valence-corrected chi connectivity index (χ2v) is 3.53. The van der Waals surface area contributed by atoms with Gasteiger partial charge in [-0.2, -0.15) is 0 Å². The number of hydrogen-bond acceptors (Lipinski definition) is 3. The summed E-state index contributed by atoms with van der Waals surface area (Å²) in [5.41, 5.74) is 0.00671. The maximum Gasteiger partial charge on any atom is 0.508 e. The molecule has 0 N–H and O–H groups in total. The molecule has 0 aromatic heterocycles. The zero-order valence-corrected chi connectivity index (χ0v) is 7.64. The van der Waals surface area contributed by atoms with E-state index in [1.54, 1.807) is 6.92 Å². The first-order chi connectivity index (χ1) is 4.95. The highest BCUT2D eigenvalue weighted by atomic mass is 16.7. The lowest BCUT2D eigenvalue weighted by Gasteiger charge is -2.16. The van der Waals surface area contributed by atoms with Crippen molar-refractivity contribution in [3.05, 3.63) is 0 Å². The number of rotatable bonds is 2. The van der Waals surface area contributed by atoms with Crippen LogP contribution < -0.4 is 0 Å². The van der Waals surface area contributed by atoms with E-state index in [1.165, 1.54) is 0 Å². The van der Waals surface area contributed by atoms with Gasteiger partial charge in [0.1, 0.15) is 0 Å². The summed E-state index contributed by atoms with van der Waals surface area (Å²) in [5.74, 6) is 0. The maximum atomic E-state index is 10.6. The number of ether oxygens (including phenoxy) is 2. The van der Waals surface area contributed by atoms with Crippen LogP contribution in [0.1, 0.15) is 27.7 Å². The molecule has 3 nitrogen and oxygen atoms in total. The van der Waals surface area contributed by atoms with Crippen molar-refractivity contribution in [3.63, 3.8) is 0 Å². The Hall–Kier alpha value is -0.730. The summed E-state index contributed by atoms with van der Waals surface area (Å²) in [4.78, 5) is 10.6. The average molecular weight is 160 g/mol. The van der Waals surface area contributed by atoms with Crippen LogP contribution in [0.5, 0.6) is 0 Å². The van der Waals surface area contributed by atoms with Gasteiger partial charge in [-0.05, 0) is 12.3 Å². The van der Waals surface area contributed by atoms with Gasteiger partial charge in [0.2, 0.25) is 0 Å². The molecule has 0 heterocycles. The molecule has 0 aliphatic rings.